The van der Waals surface area contributed by atoms with Crippen molar-refractivity contribution < 1.29 is 136 Å². The van der Waals surface area contributed by atoms with Crippen molar-refractivity contribution in [2.24, 2.45) is 0 Å². The highest BCUT2D eigenvalue weighted by Gasteiger charge is 2.25. The predicted octanol–water partition coefficient (Wildman–Crippen LogP) is 17.4. The molecule has 12 heterocycles. The number of imidazole rings is 6. The summed E-state index contributed by atoms with van der Waals surface area (Å²) in [6.07, 6.45) is 4.30. The minimum absolute atomic E-state index is 0.00911. The maximum atomic E-state index is 13.1. The summed E-state index contributed by atoms with van der Waals surface area (Å²) in [5.41, 5.74) is 2.37. The molecule has 0 aliphatic rings. The van der Waals surface area contributed by atoms with E-state index in [9.17, 15) is 25.3 Å². The van der Waals surface area contributed by atoms with Crippen molar-refractivity contribution in [2.75, 3.05) is 84.8 Å². The van der Waals surface area contributed by atoms with Gasteiger partial charge in [-0.05, 0) is 156 Å². The fourth-order valence-electron chi connectivity index (χ4n) is 13.8. The molecule has 6 unspecified atom stereocenters. The number of fused-ring (bicyclic) bond motifs is 6. The van der Waals surface area contributed by atoms with Crippen molar-refractivity contribution in [1.29, 1.82) is 0 Å². The molecule has 0 saturated heterocycles. The van der Waals surface area contributed by atoms with Crippen molar-refractivity contribution in [3.8, 4) is 69.0 Å². The van der Waals surface area contributed by atoms with E-state index in [1.807, 2.05) is 13.8 Å². The van der Waals surface area contributed by atoms with Crippen LogP contribution in [0, 0.1) is 82.8 Å². The predicted molar refractivity (Wildman–Crippen MR) is 558 cm³/mol. The molecule has 6 N–H and O–H groups in total. The average molecular weight is 2110 g/mol. The summed E-state index contributed by atoms with van der Waals surface area (Å²) in [5, 5.41) is 0.193. The van der Waals surface area contributed by atoms with Gasteiger partial charge in [0.15, 0.2) is 30.9 Å². The van der Waals surface area contributed by atoms with Gasteiger partial charge in [0.05, 0.1) is 316 Å². The van der Waals surface area contributed by atoms with Crippen LogP contribution in [0.5, 0.6) is 69.0 Å². The Balaban J connectivity index is 0.000000178. The molecule has 0 spiro atoms. The first kappa shape index (κ1) is 65.7. The van der Waals surface area contributed by atoms with Gasteiger partial charge in [-0.3, -0.25) is 55.2 Å². The van der Waals surface area contributed by atoms with E-state index >= 15 is 0 Å². The Hall–Kier alpha value is -14.5. The Labute approximate surface area is 901 Å². The Bertz CT molecular complexity index is 9600. The van der Waals surface area contributed by atoms with Gasteiger partial charge in [0, 0.05) is 162 Å². The summed E-state index contributed by atoms with van der Waals surface area (Å²) in [6.45, 7) is 1.73. The Kier molecular flexibility index (Phi) is 22.1. The molecule has 0 fully saturated rings. The van der Waals surface area contributed by atoms with E-state index in [0.29, 0.717) is 117 Å². The molecule has 6 atom stereocenters. The summed E-state index contributed by atoms with van der Waals surface area (Å²) in [5.74, 6) is 0.532. The van der Waals surface area contributed by atoms with Crippen LogP contribution in [0.3, 0.4) is 0 Å². The van der Waals surface area contributed by atoms with E-state index in [0.717, 1.165) is 29.5 Å². The van der Waals surface area contributed by atoms with Crippen molar-refractivity contribution in [3.63, 3.8) is 0 Å². The highest BCUT2D eigenvalue weighted by molar-refractivity contribution is 7.85. The molecule has 0 amide bonds. The number of hydrogen-bond donors (Lipinski definition) is 6. The molecule has 18 aromatic rings. The van der Waals surface area contributed by atoms with Crippen LogP contribution in [0.25, 0.3) is 66.2 Å². The van der Waals surface area contributed by atoms with Crippen LogP contribution in [-0.4, -0.2) is 200 Å². The van der Waals surface area contributed by atoms with Crippen molar-refractivity contribution >= 4 is 131 Å². The largest absolute Gasteiger partial charge is 0.497 e. The minimum atomic E-state index is -3.22. The molecule has 756 valence electrons. The number of rotatable bonds is 30. The first-order chi connectivity index (χ1) is 84.4. The summed E-state index contributed by atoms with van der Waals surface area (Å²) >= 11 is 0. The summed E-state index contributed by atoms with van der Waals surface area (Å²) in [4.78, 5) is 66.9. The molecule has 144 heavy (non-hydrogen) atoms. The lowest BCUT2D eigenvalue weighted by molar-refractivity contribution is 0.407. The molecule has 0 radical (unpaired) electrons. The van der Waals surface area contributed by atoms with Gasteiger partial charge in [0.25, 0.3) is 0 Å². The number of aromatic nitrogens is 18. The third-order valence-electron chi connectivity index (χ3n) is 21.2. The van der Waals surface area contributed by atoms with Gasteiger partial charge in [-0.2, -0.15) is 0 Å². The van der Waals surface area contributed by atoms with E-state index < -0.39 is 216 Å². The fourth-order valence-corrected chi connectivity index (χ4v) is 19.8. The molecule has 42 heteroatoms. The molecule has 18 rings (SSSR count). The summed E-state index contributed by atoms with van der Waals surface area (Å²) in [7, 11) is -23.4. The van der Waals surface area contributed by atoms with E-state index in [4.69, 9.17) is 110 Å². The molecular weight excluding hydrogens is 1960 g/mol. The Morgan fingerprint density at radius 2 is 0.472 bits per heavy atom. The van der Waals surface area contributed by atoms with E-state index in [2.05, 4.69) is 89.7 Å². The highest BCUT2D eigenvalue weighted by atomic mass is 32.2. The van der Waals surface area contributed by atoms with Crippen LogP contribution < -0.4 is 56.8 Å². The zero-order valence-corrected chi connectivity index (χ0v) is 83.1. The Morgan fingerprint density at radius 3 is 0.708 bits per heavy atom. The van der Waals surface area contributed by atoms with Crippen LogP contribution in [0.1, 0.15) is 154 Å². The van der Waals surface area contributed by atoms with Gasteiger partial charge in [0.1, 0.15) is 69.0 Å². The van der Waals surface area contributed by atoms with Crippen molar-refractivity contribution in [1.82, 2.24) is 89.7 Å². The van der Waals surface area contributed by atoms with Crippen LogP contribution in [0.2, 0.25) is 0 Å². The second-order valence-corrected chi connectivity index (χ2v) is 38.2. The van der Waals surface area contributed by atoms with Crippen molar-refractivity contribution in [2.45, 2.75) is 148 Å². The van der Waals surface area contributed by atoms with Gasteiger partial charge in [-0.25, -0.2) is 29.9 Å². The number of pyridine rings is 6. The lowest BCUT2D eigenvalue weighted by atomic mass is 10.1. The molecule has 0 aliphatic carbocycles. The quantitative estimate of drug-likeness (QED) is 0.0243. The summed E-state index contributed by atoms with van der Waals surface area (Å²) < 4.78 is 433. The SMILES string of the molecule is [2H]C([2H])([2H])Oc1ccc2nc(S(=O)C([2H])([2H])c3ncc(C)c(OC([2H])([2H])[2H])c3C)[nH]c2c1.[2H]C([2H])([2H])Oc1ccc2nc(S(=O)C([2H])([2H])c3ncc(C)c(OC)c3C)[nH]c2c1.[2H]C([2H])([2H])Oc1ccc2nc(S(=O)Cc3ncc(C)c(OC([2H])([2H])[2H])c3C)[nH]c2c1.[2H]C([2H])([2H])Oc1ccc2nc(S(=O)Cc3ncc(C)c(OC)c3C)[nH]c2c1.[2H]c1nc(CS(=O)c2nc3ccc(OC)cc3[nH]2)c(C([2H])([2H])[2H])c(OC([2H])([2H])[2H])c1C([2H])([2H])[2H].[2H]c1nc(CS(=O)c2nc3ccc(OC)cc3[nH]2)c(C([2H])([2H])[2H])c(OC)c1C([2H])([2H])[2H]. The molecule has 6 aromatic carbocycles. The lowest BCUT2D eigenvalue weighted by Crippen LogP contribution is -2.05. The number of aryl methyl sites for hydroxylation is 4. The average Bonchev–Trinajstić information content (AvgIpc) is 1.73. The monoisotopic (exact) mass is 2110 g/mol. The maximum absolute atomic E-state index is 13.1. The van der Waals surface area contributed by atoms with E-state index in [1.54, 1.807) is 96.5 Å². The fraction of sp³-hybridized carbons (Fsp3) is 0.294. The number of nitrogens with one attached hydrogen (secondary N) is 6. The maximum Gasteiger partial charge on any atom is 0.197 e. The highest BCUT2D eigenvalue weighted by Crippen LogP contribution is 2.36. The number of hydrogen-bond acceptors (Lipinski definition) is 30. The number of benzene rings is 6. The second-order valence-electron chi connectivity index (χ2n) is 30.4. The zero-order chi connectivity index (χ0) is 136. The third kappa shape index (κ3) is 25.0. The van der Waals surface area contributed by atoms with E-state index in [-0.39, 0.29) is 99.6 Å². The Morgan fingerprint density at radius 1 is 0.257 bits per heavy atom. The topological polar surface area (TPSA) is 463 Å². The normalized spacial score (nSPS) is 17.5. The van der Waals surface area contributed by atoms with Crippen LogP contribution in [0.15, 0.2) is 177 Å². The van der Waals surface area contributed by atoms with Gasteiger partial charge < -0.3 is 86.7 Å². The molecule has 12 aromatic heterocycles. The van der Waals surface area contributed by atoms with Crippen LogP contribution >= 0.6 is 0 Å². The lowest BCUT2D eigenvalue weighted by Gasteiger charge is -2.11. The van der Waals surface area contributed by atoms with Crippen molar-refractivity contribution in [3.05, 3.63) is 247 Å². The smallest absolute Gasteiger partial charge is 0.197 e. The molecule has 0 bridgehead atoms. The van der Waals surface area contributed by atoms with Gasteiger partial charge in [0.2, 0.25) is 0 Å². The van der Waals surface area contributed by atoms with Crippen LogP contribution in [0.4, 0.5) is 0 Å². The second kappa shape index (κ2) is 48.5. The molecule has 36 nitrogen and oxygen atoms in total. The number of H-pyrrole nitrogens is 6. The first-order valence-electron chi connectivity index (χ1n) is 61.2. The zero-order valence-electron chi connectivity index (χ0n) is 117. The molecular formula is C102H114N18O18S6. The summed E-state index contributed by atoms with van der Waals surface area (Å²) in [6, 6.07) is 27.6. The first-order valence-corrected chi connectivity index (χ1v) is 49.3. The standard InChI is InChI=1S/6C17H19N3O3S/c6*1-10-8-18-15(11(2)16(10)23-4)9-24(21)17-19-13-6-5-12(22-3)7-14(13)20-17/h6*5-8H,9H2,1-4H3,(H,19,20)/i1D3,2D3,4D3,8D;3D3,4D3,9D2;1D3,2D3,8D;3D3,9D2;3D3,4D3;3D3. The molecule has 0 saturated carbocycles. The molecule has 0 aliphatic heterocycles. The number of ether oxygens (including phenoxy) is 12. The number of aromatic amines is 6. The third-order valence-corrected chi connectivity index (χ3v) is 27.7. The number of nitrogens with zero attached hydrogens (tertiary/aromatic N) is 12. The minimum Gasteiger partial charge on any atom is -0.497 e. The van der Waals surface area contributed by atoms with Crippen LogP contribution in [-0.2, 0) is 99.2 Å². The van der Waals surface area contributed by atoms with Gasteiger partial charge >= 0.3 is 0 Å². The van der Waals surface area contributed by atoms with E-state index in [1.165, 1.54) is 108 Å². The van der Waals surface area contributed by atoms with Gasteiger partial charge in [-0.15, -0.1) is 0 Å². The van der Waals surface area contributed by atoms with Gasteiger partial charge in [-0.1, -0.05) is 0 Å². The number of methoxy groups -OCH3 is 12.